The fourth-order valence-corrected chi connectivity index (χ4v) is 2.92. The number of unbranched alkanes of at least 4 members (excludes halogenated alkanes) is 2. The minimum Gasteiger partial charge on any atom is -0.478 e. The molecule has 3 aromatic rings. The summed E-state index contributed by atoms with van der Waals surface area (Å²) in [6, 6.07) is 23.3. The number of carboxylic acid groups (broad SMARTS) is 2. The van der Waals surface area contributed by atoms with E-state index in [4.69, 9.17) is 21.7 Å². The summed E-state index contributed by atoms with van der Waals surface area (Å²) in [6.07, 6.45) is 8.16. The van der Waals surface area contributed by atoms with Crippen LogP contribution in [0, 0.1) is 0 Å². The Balaban J connectivity index is 0.000000255. The van der Waals surface area contributed by atoms with Crippen LogP contribution in [-0.4, -0.2) is 40.2 Å². The van der Waals surface area contributed by atoms with Crippen molar-refractivity contribution in [2.75, 3.05) is 13.1 Å². The standard InChI is InChI=1S/2C10H15N.C7H5NO4/c2*11-9-5-4-8-10-6-2-1-3-7-10;9-6(10)4-1-2-8-5(3-4)7(11)12/h2*1-3,6-7H,4-5,8-9,11H2;1-3H,(H,9,10)(H,11,12). The zero-order valence-corrected chi connectivity index (χ0v) is 19.5. The largest absolute Gasteiger partial charge is 0.478 e. The molecule has 0 aliphatic heterocycles. The first-order valence-electron chi connectivity index (χ1n) is 11.4. The zero-order chi connectivity index (χ0) is 25.0. The number of aromatic carboxylic acids is 2. The number of nitrogens with zero attached hydrogens (tertiary/aromatic N) is 1. The highest BCUT2D eigenvalue weighted by molar-refractivity contribution is 5.92. The van der Waals surface area contributed by atoms with Crippen molar-refractivity contribution in [2.45, 2.75) is 38.5 Å². The maximum Gasteiger partial charge on any atom is 0.354 e. The van der Waals surface area contributed by atoms with Crippen LogP contribution in [0.2, 0.25) is 0 Å². The van der Waals surface area contributed by atoms with E-state index in [0.29, 0.717) is 0 Å². The quantitative estimate of drug-likeness (QED) is 0.325. The highest BCUT2D eigenvalue weighted by Crippen LogP contribution is 2.04. The lowest BCUT2D eigenvalue weighted by atomic mass is 10.1. The number of hydrogen-bond donors (Lipinski definition) is 4. The second kappa shape index (κ2) is 17.9. The van der Waals surface area contributed by atoms with E-state index in [-0.39, 0.29) is 11.3 Å². The molecule has 1 heterocycles. The maximum absolute atomic E-state index is 10.4. The number of carbonyl (C=O) groups is 2. The van der Waals surface area contributed by atoms with Crippen molar-refractivity contribution >= 4 is 11.9 Å². The Hall–Kier alpha value is -3.55. The summed E-state index contributed by atoms with van der Waals surface area (Å²) in [4.78, 5) is 24.1. The Morgan fingerprint density at radius 1 is 0.676 bits per heavy atom. The molecule has 182 valence electrons. The molecule has 0 spiro atoms. The Bertz CT molecular complexity index is 876. The van der Waals surface area contributed by atoms with Gasteiger partial charge in [0.15, 0.2) is 0 Å². The number of benzene rings is 2. The summed E-state index contributed by atoms with van der Waals surface area (Å²) in [5.74, 6) is -2.40. The number of nitrogens with two attached hydrogens (primary N) is 2. The molecule has 0 radical (unpaired) electrons. The number of pyridine rings is 1. The van der Waals surface area contributed by atoms with Crippen LogP contribution < -0.4 is 11.5 Å². The molecule has 6 N–H and O–H groups in total. The monoisotopic (exact) mass is 465 g/mol. The fraction of sp³-hybridized carbons (Fsp3) is 0.296. The predicted molar refractivity (Wildman–Crippen MR) is 135 cm³/mol. The van der Waals surface area contributed by atoms with Gasteiger partial charge in [0.2, 0.25) is 0 Å². The minimum atomic E-state index is -1.24. The van der Waals surface area contributed by atoms with Gasteiger partial charge in [0.1, 0.15) is 5.69 Å². The second-order valence-electron chi connectivity index (χ2n) is 7.50. The summed E-state index contributed by atoms with van der Waals surface area (Å²) < 4.78 is 0. The minimum absolute atomic E-state index is 0.0811. The van der Waals surface area contributed by atoms with Crippen molar-refractivity contribution in [3.05, 3.63) is 101 Å². The molecular weight excluding hydrogens is 430 g/mol. The molecule has 0 saturated heterocycles. The van der Waals surface area contributed by atoms with Gasteiger partial charge >= 0.3 is 11.9 Å². The van der Waals surface area contributed by atoms with Crippen LogP contribution in [0.15, 0.2) is 79.0 Å². The van der Waals surface area contributed by atoms with Crippen LogP contribution in [-0.2, 0) is 12.8 Å². The normalized spacial score (nSPS) is 9.71. The van der Waals surface area contributed by atoms with Crippen LogP contribution in [0.25, 0.3) is 0 Å². The first-order chi connectivity index (χ1) is 16.5. The molecule has 1 aromatic heterocycles. The fourth-order valence-electron chi connectivity index (χ4n) is 2.92. The molecule has 34 heavy (non-hydrogen) atoms. The van der Waals surface area contributed by atoms with E-state index >= 15 is 0 Å². The van der Waals surface area contributed by atoms with Crippen LogP contribution >= 0.6 is 0 Å². The lowest BCUT2D eigenvalue weighted by Crippen LogP contribution is -2.03. The van der Waals surface area contributed by atoms with Crippen molar-refractivity contribution in [1.29, 1.82) is 0 Å². The molecule has 0 atom stereocenters. The lowest BCUT2D eigenvalue weighted by molar-refractivity contribution is 0.0690. The van der Waals surface area contributed by atoms with E-state index in [0.717, 1.165) is 51.0 Å². The zero-order valence-electron chi connectivity index (χ0n) is 19.5. The van der Waals surface area contributed by atoms with Gasteiger partial charge in [-0.05, 0) is 74.9 Å². The van der Waals surface area contributed by atoms with Crippen molar-refractivity contribution in [2.24, 2.45) is 11.5 Å². The van der Waals surface area contributed by atoms with Gasteiger partial charge in [-0.25, -0.2) is 14.6 Å². The van der Waals surface area contributed by atoms with Crippen LogP contribution in [0.1, 0.15) is 57.7 Å². The van der Waals surface area contributed by atoms with Gasteiger partial charge in [0.25, 0.3) is 0 Å². The first-order valence-corrected chi connectivity index (χ1v) is 11.4. The number of aryl methyl sites for hydroxylation is 2. The summed E-state index contributed by atoms with van der Waals surface area (Å²) in [6.45, 7) is 1.62. The van der Waals surface area contributed by atoms with Gasteiger partial charge in [0.05, 0.1) is 5.56 Å². The lowest BCUT2D eigenvalue weighted by Gasteiger charge is -1.98. The van der Waals surface area contributed by atoms with E-state index in [9.17, 15) is 9.59 Å². The smallest absolute Gasteiger partial charge is 0.354 e. The van der Waals surface area contributed by atoms with Gasteiger partial charge in [-0.1, -0.05) is 60.7 Å². The molecule has 0 saturated carbocycles. The third-order valence-corrected chi connectivity index (χ3v) is 4.75. The SMILES string of the molecule is NCCCCc1ccccc1.NCCCCc1ccccc1.O=C(O)c1ccnc(C(=O)O)c1. The molecular formula is C27H35N3O4. The van der Waals surface area contributed by atoms with Crippen molar-refractivity contribution < 1.29 is 19.8 Å². The highest BCUT2D eigenvalue weighted by Gasteiger charge is 2.08. The molecule has 3 rings (SSSR count). The van der Waals surface area contributed by atoms with Crippen LogP contribution in [0.4, 0.5) is 0 Å². The Morgan fingerprint density at radius 2 is 1.15 bits per heavy atom. The van der Waals surface area contributed by atoms with E-state index in [1.165, 1.54) is 30.0 Å². The first kappa shape index (κ1) is 28.5. The van der Waals surface area contributed by atoms with E-state index in [2.05, 4.69) is 53.5 Å². The molecule has 0 bridgehead atoms. The van der Waals surface area contributed by atoms with Gasteiger partial charge in [-0.3, -0.25) is 0 Å². The summed E-state index contributed by atoms with van der Waals surface area (Å²) >= 11 is 0. The number of hydrogen-bond acceptors (Lipinski definition) is 5. The Morgan fingerprint density at radius 3 is 1.53 bits per heavy atom. The van der Waals surface area contributed by atoms with Crippen molar-refractivity contribution in [3.8, 4) is 0 Å². The summed E-state index contributed by atoms with van der Waals surface area (Å²) in [5, 5.41) is 16.9. The van der Waals surface area contributed by atoms with Crippen LogP contribution in [0.5, 0.6) is 0 Å². The highest BCUT2D eigenvalue weighted by atomic mass is 16.4. The number of aromatic nitrogens is 1. The van der Waals surface area contributed by atoms with Crippen LogP contribution in [0.3, 0.4) is 0 Å². The molecule has 0 aliphatic rings. The van der Waals surface area contributed by atoms with Gasteiger partial charge in [-0.15, -0.1) is 0 Å². The van der Waals surface area contributed by atoms with E-state index in [1.54, 1.807) is 0 Å². The molecule has 7 nitrogen and oxygen atoms in total. The van der Waals surface area contributed by atoms with E-state index in [1.807, 2.05) is 12.1 Å². The molecule has 2 aromatic carbocycles. The maximum atomic E-state index is 10.4. The van der Waals surface area contributed by atoms with E-state index < -0.39 is 11.9 Å². The molecule has 0 fully saturated rings. The number of rotatable bonds is 10. The Kier molecular flexibility index (Phi) is 15.0. The third-order valence-electron chi connectivity index (χ3n) is 4.75. The molecule has 0 unspecified atom stereocenters. The molecule has 0 aliphatic carbocycles. The molecule has 7 heteroatoms. The van der Waals surface area contributed by atoms with Crippen molar-refractivity contribution in [3.63, 3.8) is 0 Å². The summed E-state index contributed by atoms with van der Waals surface area (Å²) in [7, 11) is 0. The Labute approximate surface area is 201 Å². The van der Waals surface area contributed by atoms with Gasteiger partial charge in [0, 0.05) is 6.20 Å². The predicted octanol–water partition coefficient (Wildman–Crippen LogP) is 4.41. The average molecular weight is 466 g/mol. The van der Waals surface area contributed by atoms with Gasteiger partial charge < -0.3 is 21.7 Å². The molecule has 0 amide bonds. The third kappa shape index (κ3) is 13.1. The van der Waals surface area contributed by atoms with Gasteiger partial charge in [-0.2, -0.15) is 0 Å². The average Bonchev–Trinajstić information content (AvgIpc) is 2.86. The van der Waals surface area contributed by atoms with Crippen molar-refractivity contribution in [1.82, 2.24) is 4.98 Å². The summed E-state index contributed by atoms with van der Waals surface area (Å²) in [5.41, 5.74) is 13.3. The topological polar surface area (TPSA) is 140 Å². The number of carboxylic acids is 2. The second-order valence-corrected chi connectivity index (χ2v) is 7.50.